The van der Waals surface area contributed by atoms with E-state index in [1.807, 2.05) is 7.05 Å². The highest BCUT2D eigenvalue weighted by molar-refractivity contribution is 5.88. The molecule has 1 heteroatoms. The molecule has 0 saturated heterocycles. The van der Waals surface area contributed by atoms with Gasteiger partial charge in [0.05, 0.1) is 0 Å². The van der Waals surface area contributed by atoms with E-state index >= 15 is 0 Å². The molecule has 0 heterocycles. The zero-order valence-corrected chi connectivity index (χ0v) is 9.68. The van der Waals surface area contributed by atoms with Gasteiger partial charge in [0.15, 0.2) is 0 Å². The van der Waals surface area contributed by atoms with Gasteiger partial charge in [0.25, 0.3) is 0 Å². The quantitative estimate of drug-likeness (QED) is 0.365. The Balaban J connectivity index is 2.53. The van der Waals surface area contributed by atoms with Crippen molar-refractivity contribution in [3.05, 3.63) is 12.2 Å². The van der Waals surface area contributed by atoms with Gasteiger partial charge in [0, 0.05) is 19.2 Å². The van der Waals surface area contributed by atoms with E-state index in [9.17, 15) is 0 Å². The Morgan fingerprint density at radius 3 is 2.21 bits per heavy atom. The Morgan fingerprint density at radius 2 is 1.79 bits per heavy atom. The largest absolute Gasteiger partial charge is 0.297 e. The number of hydrogen-bond donors (Lipinski definition) is 0. The van der Waals surface area contributed by atoms with E-state index in [0.29, 0.717) is 0 Å². The Hall–Kier alpha value is -0.590. The summed E-state index contributed by atoms with van der Waals surface area (Å²) >= 11 is 0. The van der Waals surface area contributed by atoms with E-state index in [2.05, 4.69) is 18.5 Å². The number of aliphatic imine (C=N–C) groups is 1. The van der Waals surface area contributed by atoms with Gasteiger partial charge in [-0.05, 0) is 25.7 Å². The Labute approximate surface area is 88.3 Å². The zero-order valence-electron chi connectivity index (χ0n) is 9.68. The van der Waals surface area contributed by atoms with Crippen molar-refractivity contribution < 1.29 is 0 Å². The summed E-state index contributed by atoms with van der Waals surface area (Å²) in [4.78, 5) is 4.45. The maximum Gasteiger partial charge on any atom is 0.0276 e. The van der Waals surface area contributed by atoms with Crippen LogP contribution in [-0.4, -0.2) is 12.8 Å². The summed E-state index contributed by atoms with van der Waals surface area (Å²) < 4.78 is 0. The summed E-state index contributed by atoms with van der Waals surface area (Å²) in [7, 11) is 1.93. The number of allylic oxidation sites excluding steroid dienone is 1. The summed E-state index contributed by atoms with van der Waals surface area (Å²) in [6, 6.07) is 0. The third kappa shape index (κ3) is 3.65. The molecule has 1 aliphatic rings. The minimum Gasteiger partial charge on any atom is -0.297 e. The zero-order chi connectivity index (χ0) is 10.4. The molecule has 14 heavy (non-hydrogen) atoms. The maximum absolute atomic E-state index is 4.45. The van der Waals surface area contributed by atoms with Crippen LogP contribution in [-0.2, 0) is 0 Å². The van der Waals surface area contributed by atoms with Crippen LogP contribution < -0.4 is 0 Å². The third-order valence-corrected chi connectivity index (χ3v) is 3.10. The minimum atomic E-state index is 0.749. The average molecular weight is 193 g/mol. The molecule has 1 nitrogen and oxygen atoms in total. The lowest BCUT2D eigenvalue weighted by molar-refractivity contribution is 0.584. The molecule has 0 aromatic rings. The molecular weight excluding hydrogens is 170 g/mol. The normalized spacial score (nSPS) is 20.6. The molecule has 0 aromatic carbocycles. The smallest absolute Gasteiger partial charge is 0.0276 e. The van der Waals surface area contributed by atoms with E-state index in [-0.39, 0.29) is 0 Å². The van der Waals surface area contributed by atoms with Crippen LogP contribution in [0.5, 0.6) is 0 Å². The van der Waals surface area contributed by atoms with Crippen LogP contribution in [0.1, 0.15) is 51.9 Å². The summed E-state index contributed by atoms with van der Waals surface area (Å²) in [5.41, 5.74) is 2.63. The van der Waals surface area contributed by atoms with E-state index in [0.717, 1.165) is 12.3 Å². The Kier molecular flexibility index (Phi) is 4.92. The fourth-order valence-corrected chi connectivity index (χ4v) is 2.33. The van der Waals surface area contributed by atoms with E-state index in [1.54, 1.807) is 0 Å². The maximum atomic E-state index is 4.45. The molecule has 1 aliphatic carbocycles. The Morgan fingerprint density at radius 1 is 1.21 bits per heavy atom. The minimum absolute atomic E-state index is 0.749. The van der Waals surface area contributed by atoms with Gasteiger partial charge in [-0.2, -0.15) is 0 Å². The molecule has 80 valence electrons. The molecule has 0 atom stereocenters. The van der Waals surface area contributed by atoms with E-state index in [1.165, 1.54) is 49.8 Å². The molecule has 0 spiro atoms. The summed E-state index contributed by atoms with van der Waals surface area (Å²) in [5, 5.41) is 0. The first kappa shape index (κ1) is 11.5. The Bertz CT molecular complexity index is 207. The average Bonchev–Trinajstić information content (AvgIpc) is 2.41. The molecule has 0 radical (unpaired) electrons. The molecular formula is C13H23N. The highest BCUT2D eigenvalue weighted by Crippen LogP contribution is 2.25. The topological polar surface area (TPSA) is 12.4 Å². The third-order valence-electron chi connectivity index (χ3n) is 3.10. The van der Waals surface area contributed by atoms with Crippen LogP contribution in [0.25, 0.3) is 0 Å². The first-order valence-corrected chi connectivity index (χ1v) is 5.84. The van der Waals surface area contributed by atoms with Crippen LogP contribution in [0, 0.1) is 5.92 Å². The van der Waals surface area contributed by atoms with Crippen molar-refractivity contribution in [2.24, 2.45) is 10.9 Å². The van der Waals surface area contributed by atoms with Crippen LogP contribution >= 0.6 is 0 Å². The molecule has 0 N–H and O–H groups in total. The number of nitrogens with zero attached hydrogens (tertiary/aromatic N) is 1. The predicted octanol–water partition coefficient (Wildman–Crippen LogP) is 3.99. The van der Waals surface area contributed by atoms with Gasteiger partial charge in [-0.25, -0.2) is 0 Å². The molecule has 0 aliphatic heterocycles. The molecule has 1 saturated carbocycles. The summed E-state index contributed by atoms with van der Waals surface area (Å²) in [5.74, 6) is 0.749. The molecule has 1 rings (SSSR count). The van der Waals surface area contributed by atoms with Crippen molar-refractivity contribution in [1.29, 1.82) is 0 Å². The fraction of sp³-hybridized carbons (Fsp3) is 0.769. The van der Waals surface area contributed by atoms with Crippen molar-refractivity contribution in [2.75, 3.05) is 7.05 Å². The molecule has 1 fully saturated rings. The van der Waals surface area contributed by atoms with Crippen molar-refractivity contribution in [1.82, 2.24) is 0 Å². The van der Waals surface area contributed by atoms with Gasteiger partial charge in [-0.15, -0.1) is 0 Å². The molecule has 0 amide bonds. The summed E-state index contributed by atoms with van der Waals surface area (Å²) in [6.45, 7) is 6.08. The van der Waals surface area contributed by atoms with Crippen LogP contribution in [0.15, 0.2) is 17.1 Å². The molecule has 0 aromatic heterocycles. The van der Waals surface area contributed by atoms with Crippen LogP contribution in [0.3, 0.4) is 0 Å². The van der Waals surface area contributed by atoms with Gasteiger partial charge in [-0.1, -0.05) is 37.8 Å². The highest BCUT2D eigenvalue weighted by atomic mass is 14.7. The van der Waals surface area contributed by atoms with Crippen LogP contribution in [0.2, 0.25) is 0 Å². The van der Waals surface area contributed by atoms with Crippen LogP contribution in [0.4, 0.5) is 0 Å². The second kappa shape index (κ2) is 6.00. The first-order chi connectivity index (χ1) is 6.74. The lowest BCUT2D eigenvalue weighted by atomic mass is 9.91. The van der Waals surface area contributed by atoms with Crippen molar-refractivity contribution >= 4 is 5.71 Å². The first-order valence-electron chi connectivity index (χ1n) is 5.84. The lowest BCUT2D eigenvalue weighted by Crippen LogP contribution is -2.14. The van der Waals surface area contributed by atoms with Gasteiger partial charge < -0.3 is 0 Å². The van der Waals surface area contributed by atoms with E-state index < -0.39 is 0 Å². The van der Waals surface area contributed by atoms with E-state index in [4.69, 9.17) is 0 Å². The monoisotopic (exact) mass is 193 g/mol. The lowest BCUT2D eigenvalue weighted by Gasteiger charge is -2.16. The SMILES string of the molecule is C=C(C)CC(=NC)C1CCCCCC1. The molecule has 0 unspecified atom stereocenters. The van der Waals surface area contributed by atoms with Crippen molar-refractivity contribution in [2.45, 2.75) is 51.9 Å². The second-order valence-electron chi connectivity index (χ2n) is 4.54. The number of hydrogen-bond acceptors (Lipinski definition) is 1. The number of rotatable bonds is 3. The fourth-order valence-electron chi connectivity index (χ4n) is 2.33. The standard InChI is InChI=1S/C13H23N/c1-11(2)10-13(14-3)12-8-6-4-5-7-9-12/h12H,1,4-10H2,2-3H3. The van der Waals surface area contributed by atoms with Crippen molar-refractivity contribution in [3.63, 3.8) is 0 Å². The molecule has 0 bridgehead atoms. The van der Waals surface area contributed by atoms with Gasteiger partial charge in [0.2, 0.25) is 0 Å². The highest BCUT2D eigenvalue weighted by Gasteiger charge is 2.17. The van der Waals surface area contributed by atoms with Gasteiger partial charge in [-0.3, -0.25) is 4.99 Å². The predicted molar refractivity (Wildman–Crippen MR) is 64.0 cm³/mol. The second-order valence-corrected chi connectivity index (χ2v) is 4.54. The summed E-state index contributed by atoms with van der Waals surface area (Å²) in [6.07, 6.45) is 9.32. The van der Waals surface area contributed by atoms with Gasteiger partial charge >= 0.3 is 0 Å². The van der Waals surface area contributed by atoms with Crippen molar-refractivity contribution in [3.8, 4) is 0 Å². The van der Waals surface area contributed by atoms with Gasteiger partial charge in [0.1, 0.15) is 0 Å².